The van der Waals surface area contributed by atoms with Crippen molar-refractivity contribution in [3.63, 3.8) is 0 Å². The Morgan fingerprint density at radius 2 is 1.77 bits per heavy atom. The van der Waals surface area contributed by atoms with Crippen molar-refractivity contribution in [2.24, 2.45) is 0 Å². The molecule has 2 amide bonds. The van der Waals surface area contributed by atoms with Gasteiger partial charge in [0.15, 0.2) is 4.34 Å². The Labute approximate surface area is 183 Å². The van der Waals surface area contributed by atoms with Crippen LogP contribution in [0.5, 0.6) is 0 Å². The van der Waals surface area contributed by atoms with Gasteiger partial charge in [0.05, 0.1) is 5.75 Å². The maximum Gasteiger partial charge on any atom is 0.249 e. The van der Waals surface area contributed by atoms with Crippen molar-refractivity contribution in [2.75, 3.05) is 11.1 Å². The summed E-state index contributed by atoms with van der Waals surface area (Å²) < 4.78 is 0.752. The van der Waals surface area contributed by atoms with Gasteiger partial charge in [-0.15, -0.1) is 0 Å². The highest BCUT2D eigenvalue weighted by atomic mass is 32.2. The minimum absolute atomic E-state index is 0.0235. The zero-order valence-corrected chi connectivity index (χ0v) is 17.8. The summed E-state index contributed by atoms with van der Waals surface area (Å²) in [5.74, 6) is 0.123. The number of hydrogen-bond acceptors (Lipinski definition) is 5. The quantitative estimate of drug-likeness (QED) is 0.393. The molecule has 0 radical (unpaired) electrons. The highest BCUT2D eigenvalue weighted by Gasteiger charge is 2.23. The number of benzene rings is 2. The zero-order valence-electron chi connectivity index (χ0n) is 16.2. The molecule has 0 spiro atoms. The van der Waals surface area contributed by atoms with Crippen LogP contribution in [-0.4, -0.2) is 28.6 Å². The molecule has 1 aromatic heterocycles. The van der Waals surface area contributed by atoms with Gasteiger partial charge in [-0.2, -0.15) is 0 Å². The first-order chi connectivity index (χ1) is 14.7. The molecule has 1 fully saturated rings. The second-order valence-corrected chi connectivity index (χ2v) is 9.11. The fraction of sp³-hybridized carbons (Fsp3) is 0.174. The molecule has 0 saturated heterocycles. The average molecular weight is 436 g/mol. The van der Waals surface area contributed by atoms with E-state index in [1.807, 2.05) is 60.7 Å². The molecule has 2 aromatic carbocycles. The average Bonchev–Trinajstić information content (AvgIpc) is 3.50. The Balaban J connectivity index is 1.48. The second-order valence-electron chi connectivity index (χ2n) is 6.89. The molecule has 2 N–H and O–H groups in total. The number of nitrogens with one attached hydrogen (secondary N) is 2. The SMILES string of the molecule is O=C(C=Cc1ccccc1)Nc1sc(SCC(=O)NC2CC2)nc1-c1ccccc1. The number of carbonyl (C=O) groups excluding carboxylic acids is 2. The number of rotatable bonds is 8. The Morgan fingerprint density at radius 1 is 1.07 bits per heavy atom. The molecule has 152 valence electrons. The van der Waals surface area contributed by atoms with Crippen LogP contribution in [0, 0.1) is 0 Å². The summed E-state index contributed by atoms with van der Waals surface area (Å²) in [6.07, 6.45) is 5.42. The van der Waals surface area contributed by atoms with E-state index in [4.69, 9.17) is 0 Å². The highest BCUT2D eigenvalue weighted by molar-refractivity contribution is 8.01. The monoisotopic (exact) mass is 435 g/mol. The van der Waals surface area contributed by atoms with Crippen LogP contribution in [0.4, 0.5) is 5.00 Å². The van der Waals surface area contributed by atoms with E-state index in [0.717, 1.165) is 28.3 Å². The van der Waals surface area contributed by atoms with Gasteiger partial charge >= 0.3 is 0 Å². The van der Waals surface area contributed by atoms with E-state index < -0.39 is 0 Å². The molecule has 0 aliphatic heterocycles. The molecular weight excluding hydrogens is 414 g/mol. The summed E-state index contributed by atoms with van der Waals surface area (Å²) >= 11 is 2.78. The summed E-state index contributed by atoms with van der Waals surface area (Å²) in [5.41, 5.74) is 2.59. The number of nitrogens with zero attached hydrogens (tertiary/aromatic N) is 1. The van der Waals surface area contributed by atoms with Crippen molar-refractivity contribution in [2.45, 2.75) is 23.2 Å². The summed E-state index contributed by atoms with van der Waals surface area (Å²) in [6.45, 7) is 0. The number of anilines is 1. The summed E-state index contributed by atoms with van der Waals surface area (Å²) in [5, 5.41) is 6.60. The van der Waals surface area contributed by atoms with Crippen molar-refractivity contribution in [1.82, 2.24) is 10.3 Å². The molecule has 1 saturated carbocycles. The normalized spacial score (nSPS) is 13.3. The first-order valence-electron chi connectivity index (χ1n) is 9.70. The van der Waals surface area contributed by atoms with Crippen molar-refractivity contribution >= 4 is 46.0 Å². The predicted octanol–water partition coefficient (Wildman–Crippen LogP) is 4.83. The fourth-order valence-electron chi connectivity index (χ4n) is 2.75. The smallest absolute Gasteiger partial charge is 0.249 e. The third-order valence-corrected chi connectivity index (χ3v) is 6.50. The zero-order chi connectivity index (χ0) is 20.8. The molecule has 1 aliphatic rings. The molecule has 30 heavy (non-hydrogen) atoms. The lowest BCUT2D eigenvalue weighted by atomic mass is 10.1. The van der Waals surface area contributed by atoms with E-state index in [2.05, 4.69) is 15.6 Å². The van der Waals surface area contributed by atoms with Gasteiger partial charge in [0, 0.05) is 17.7 Å². The number of carbonyl (C=O) groups is 2. The highest BCUT2D eigenvalue weighted by Crippen LogP contribution is 2.37. The van der Waals surface area contributed by atoms with E-state index in [1.54, 1.807) is 6.08 Å². The minimum Gasteiger partial charge on any atom is -0.353 e. The van der Waals surface area contributed by atoms with Crippen LogP contribution in [0.15, 0.2) is 71.1 Å². The van der Waals surface area contributed by atoms with Gasteiger partial charge in [-0.25, -0.2) is 4.98 Å². The van der Waals surface area contributed by atoms with Crippen molar-refractivity contribution in [1.29, 1.82) is 0 Å². The predicted molar refractivity (Wildman–Crippen MR) is 124 cm³/mol. The lowest BCUT2D eigenvalue weighted by molar-refractivity contribution is -0.118. The lowest BCUT2D eigenvalue weighted by Gasteiger charge is -2.02. The molecule has 0 atom stereocenters. The van der Waals surface area contributed by atoms with Crippen LogP contribution < -0.4 is 10.6 Å². The molecule has 4 rings (SSSR count). The van der Waals surface area contributed by atoms with Gasteiger partial charge in [-0.1, -0.05) is 83.8 Å². The Hall–Kier alpha value is -2.90. The molecule has 5 nitrogen and oxygen atoms in total. The maximum atomic E-state index is 12.5. The minimum atomic E-state index is -0.220. The standard InChI is InChI=1S/C23H21N3O2S2/c27-19(14-11-16-7-3-1-4-8-16)25-22-21(17-9-5-2-6-10-17)26-23(30-22)29-15-20(28)24-18-12-13-18/h1-11,14,18H,12-13,15H2,(H,24,28)(H,25,27). The number of thioether (sulfide) groups is 1. The number of hydrogen-bond donors (Lipinski definition) is 2. The molecule has 7 heteroatoms. The number of aromatic nitrogens is 1. The van der Waals surface area contributed by atoms with Crippen molar-refractivity contribution < 1.29 is 9.59 Å². The maximum absolute atomic E-state index is 12.5. The number of amides is 2. The van der Waals surface area contributed by atoms with Gasteiger partial charge in [0.25, 0.3) is 0 Å². The van der Waals surface area contributed by atoms with Gasteiger partial charge in [0.2, 0.25) is 11.8 Å². The fourth-order valence-corrected chi connectivity index (χ4v) is 4.63. The van der Waals surface area contributed by atoms with Crippen LogP contribution in [-0.2, 0) is 9.59 Å². The third-order valence-electron chi connectivity index (χ3n) is 4.39. The van der Waals surface area contributed by atoms with Crippen LogP contribution in [0.2, 0.25) is 0 Å². The van der Waals surface area contributed by atoms with Crippen LogP contribution >= 0.6 is 23.1 Å². The molecular formula is C23H21N3O2S2. The summed E-state index contributed by atoms with van der Waals surface area (Å²) in [4.78, 5) is 29.2. The summed E-state index contributed by atoms with van der Waals surface area (Å²) in [7, 11) is 0. The van der Waals surface area contributed by atoms with Gasteiger partial charge < -0.3 is 10.6 Å². The van der Waals surface area contributed by atoms with E-state index in [0.29, 0.717) is 22.5 Å². The number of thiazole rings is 1. The van der Waals surface area contributed by atoms with Crippen molar-refractivity contribution in [3.8, 4) is 11.3 Å². The van der Waals surface area contributed by atoms with E-state index >= 15 is 0 Å². The molecule has 1 aliphatic carbocycles. The molecule has 1 heterocycles. The lowest BCUT2D eigenvalue weighted by Crippen LogP contribution is -2.26. The second kappa shape index (κ2) is 9.73. The Morgan fingerprint density at radius 3 is 2.47 bits per heavy atom. The molecule has 0 bridgehead atoms. The van der Waals surface area contributed by atoms with Gasteiger partial charge in [-0.05, 0) is 24.5 Å². The molecule has 3 aromatic rings. The first-order valence-corrected chi connectivity index (χ1v) is 11.5. The van der Waals surface area contributed by atoms with Crippen molar-refractivity contribution in [3.05, 3.63) is 72.3 Å². The van der Waals surface area contributed by atoms with Gasteiger partial charge in [-0.3, -0.25) is 9.59 Å². The van der Waals surface area contributed by atoms with E-state index in [1.165, 1.54) is 29.2 Å². The topological polar surface area (TPSA) is 71.1 Å². The molecule has 0 unspecified atom stereocenters. The summed E-state index contributed by atoms with van der Waals surface area (Å²) in [6, 6.07) is 19.7. The Kier molecular flexibility index (Phi) is 6.61. The van der Waals surface area contributed by atoms with E-state index in [9.17, 15) is 9.59 Å². The van der Waals surface area contributed by atoms with Crippen LogP contribution in [0.3, 0.4) is 0 Å². The van der Waals surface area contributed by atoms with Gasteiger partial charge in [0.1, 0.15) is 10.7 Å². The largest absolute Gasteiger partial charge is 0.353 e. The Bertz CT molecular complexity index is 1040. The third kappa shape index (κ3) is 5.81. The van der Waals surface area contributed by atoms with Crippen LogP contribution in [0.1, 0.15) is 18.4 Å². The van der Waals surface area contributed by atoms with Crippen LogP contribution in [0.25, 0.3) is 17.3 Å². The first kappa shape index (κ1) is 20.4. The van der Waals surface area contributed by atoms with E-state index in [-0.39, 0.29) is 11.8 Å².